The quantitative estimate of drug-likeness (QED) is 0.172. The molecule has 0 bridgehead atoms. The van der Waals surface area contributed by atoms with Gasteiger partial charge < -0.3 is 36.4 Å². The number of carbonyl (C=O) groups excluding carboxylic acids is 3. The Morgan fingerprint density at radius 2 is 1.82 bits per heavy atom. The van der Waals surface area contributed by atoms with Crippen molar-refractivity contribution in [2.45, 2.75) is 30.1 Å². The number of phenolic OH excluding ortho intramolecular Hbond substituents is 1. The second-order valence-corrected chi connectivity index (χ2v) is 11.0. The molecule has 1 aromatic carbocycles. The van der Waals surface area contributed by atoms with E-state index in [0.717, 1.165) is 0 Å². The van der Waals surface area contributed by atoms with Crippen molar-refractivity contribution in [2.24, 2.45) is 17.6 Å². The molecule has 1 aromatic rings. The Bertz CT molecular complexity index is 1300. The van der Waals surface area contributed by atoms with Gasteiger partial charge in [0, 0.05) is 28.9 Å². The van der Waals surface area contributed by atoms with E-state index < -0.39 is 81.6 Å². The number of primary amides is 1. The molecule has 0 heterocycles. The number of aliphatic hydroxyl groups excluding tert-OH is 3. The van der Waals surface area contributed by atoms with Gasteiger partial charge in [-0.15, -0.1) is 0 Å². The minimum atomic E-state index is -2.99. The first-order valence-electron chi connectivity index (χ1n) is 11.7. The van der Waals surface area contributed by atoms with Crippen LogP contribution in [0.15, 0.2) is 35.1 Å². The van der Waals surface area contributed by atoms with E-state index in [1.54, 1.807) is 6.07 Å². The Hall–Kier alpha value is -3.39. The predicted molar refractivity (Wildman–Crippen MR) is 134 cm³/mol. The van der Waals surface area contributed by atoms with Crippen molar-refractivity contribution < 1.29 is 49.8 Å². The summed E-state index contributed by atoms with van der Waals surface area (Å²) in [6.07, 6.45) is -1.87. The molecular weight excluding hydrogens is 520 g/mol. The van der Waals surface area contributed by atoms with Gasteiger partial charge in [-0.3, -0.25) is 24.1 Å². The number of likely N-dealkylation sites (N-methyl/N-ethyl adjacent to an activating group) is 1. The molecule has 0 saturated heterocycles. The first kappa shape index (κ1) is 27.6. The number of hydrogen-bond acceptors (Lipinski definition) is 11. The minimum absolute atomic E-state index is 0.111. The number of hydrogen-bond donors (Lipinski definition) is 7. The Balaban J connectivity index is 1.96. The number of ketones is 2. The van der Waals surface area contributed by atoms with E-state index in [4.69, 9.17) is 10.8 Å². The summed E-state index contributed by atoms with van der Waals surface area (Å²) in [7, 11) is 2.86. The van der Waals surface area contributed by atoms with Gasteiger partial charge in [-0.1, -0.05) is 12.1 Å². The fourth-order valence-corrected chi connectivity index (χ4v) is 7.09. The normalized spacial score (nSPS) is 30.7. The van der Waals surface area contributed by atoms with Crippen LogP contribution < -0.4 is 5.73 Å². The van der Waals surface area contributed by atoms with Gasteiger partial charge in [-0.05, 0) is 25.7 Å². The van der Waals surface area contributed by atoms with E-state index in [-0.39, 0.29) is 29.2 Å². The first-order valence-corrected chi connectivity index (χ1v) is 12.9. The summed E-state index contributed by atoms with van der Waals surface area (Å²) in [6.45, 7) is 0. The lowest BCUT2D eigenvalue weighted by atomic mass is 9.54. The maximum Gasteiger partial charge on any atom is 0.304 e. The maximum atomic E-state index is 14.0. The Morgan fingerprint density at radius 3 is 2.39 bits per heavy atom. The smallest absolute Gasteiger partial charge is 0.304 e. The summed E-state index contributed by atoms with van der Waals surface area (Å²) in [5, 5.41) is 65.1. The molecule has 6 unspecified atom stereocenters. The second-order valence-electron chi connectivity index (χ2n) is 9.83. The molecule has 38 heavy (non-hydrogen) atoms. The molecule has 3 aliphatic rings. The third-order valence-corrected chi connectivity index (χ3v) is 8.64. The van der Waals surface area contributed by atoms with E-state index >= 15 is 0 Å². The van der Waals surface area contributed by atoms with Gasteiger partial charge in [0.1, 0.15) is 22.8 Å². The number of thioether (sulfide) groups is 1. The second kappa shape index (κ2) is 9.73. The number of benzene rings is 1. The van der Waals surface area contributed by atoms with Crippen LogP contribution in [0.25, 0.3) is 5.76 Å². The zero-order chi connectivity index (χ0) is 28.3. The molecule has 13 heteroatoms. The first-order chi connectivity index (χ1) is 17.8. The van der Waals surface area contributed by atoms with Crippen molar-refractivity contribution in [3.05, 3.63) is 46.2 Å². The third-order valence-electron chi connectivity index (χ3n) is 7.56. The Labute approximate surface area is 221 Å². The number of nitrogens with zero attached hydrogens (tertiary/aromatic N) is 1. The van der Waals surface area contributed by atoms with Crippen LogP contribution in [0.4, 0.5) is 0 Å². The molecule has 12 nitrogen and oxygen atoms in total. The lowest BCUT2D eigenvalue weighted by molar-refractivity contribution is -0.169. The summed E-state index contributed by atoms with van der Waals surface area (Å²) in [5.41, 5.74) is 1.10. The number of amides is 1. The number of nitrogens with two attached hydrogens (primary N) is 1. The average molecular weight is 549 g/mol. The van der Waals surface area contributed by atoms with Crippen molar-refractivity contribution in [1.29, 1.82) is 0 Å². The van der Waals surface area contributed by atoms with Crippen LogP contribution >= 0.6 is 11.8 Å². The number of Topliss-reactive ketones (excluding diaryl/α,β-unsaturated/α-hetero) is 2. The van der Waals surface area contributed by atoms with Crippen LogP contribution in [0.1, 0.15) is 23.5 Å². The fourth-order valence-electron chi connectivity index (χ4n) is 5.96. The highest BCUT2D eigenvalue weighted by atomic mass is 32.2. The maximum absolute atomic E-state index is 14.0. The zero-order valence-corrected chi connectivity index (χ0v) is 21.3. The van der Waals surface area contributed by atoms with Crippen LogP contribution in [0.5, 0.6) is 5.75 Å². The van der Waals surface area contributed by atoms with Crippen LogP contribution in [0.3, 0.4) is 0 Å². The van der Waals surface area contributed by atoms with E-state index in [1.807, 2.05) is 0 Å². The van der Waals surface area contributed by atoms with Crippen LogP contribution in [0, 0.1) is 11.8 Å². The molecule has 0 radical (unpaired) electrons. The van der Waals surface area contributed by atoms with E-state index in [0.29, 0.717) is 5.56 Å². The fraction of sp³-hybridized carbons (Fsp3) is 0.440. The highest BCUT2D eigenvalue weighted by Crippen LogP contribution is 2.56. The largest absolute Gasteiger partial charge is 0.508 e. The standard InChI is InChI=1S/C25H28N2O10S/c1-27(2)18-17-20(32)14-10(8-38-7-6-12(29)30)9-4-3-5-11(28)13(9)19(31)15(14)22(34)25(17,37)23(35)16(21(18)33)24(26)36/h3-5,10,14,17-18,20,28,31-32,35,37H,6-8H2,1-2H3,(H2,26,36)(H,29,30). The van der Waals surface area contributed by atoms with Crippen LogP contribution in [-0.4, -0.2) is 102 Å². The zero-order valence-electron chi connectivity index (χ0n) is 20.5. The Morgan fingerprint density at radius 1 is 1.16 bits per heavy atom. The topological polar surface area (TPSA) is 219 Å². The monoisotopic (exact) mass is 548 g/mol. The van der Waals surface area contributed by atoms with Gasteiger partial charge in [0.2, 0.25) is 5.78 Å². The van der Waals surface area contributed by atoms with Crippen molar-refractivity contribution in [2.75, 3.05) is 25.6 Å². The number of aromatic hydroxyl groups is 1. The minimum Gasteiger partial charge on any atom is -0.508 e. The summed E-state index contributed by atoms with van der Waals surface area (Å²) in [6, 6.07) is 2.91. The number of carboxylic acids is 1. The molecule has 0 spiro atoms. The third kappa shape index (κ3) is 3.88. The summed E-state index contributed by atoms with van der Waals surface area (Å²) < 4.78 is 0. The highest BCUT2D eigenvalue weighted by molar-refractivity contribution is 7.99. The molecule has 204 valence electrons. The van der Waals surface area contributed by atoms with Crippen molar-refractivity contribution in [3.8, 4) is 5.75 Å². The van der Waals surface area contributed by atoms with E-state index in [1.165, 1.54) is 42.9 Å². The molecule has 1 fully saturated rings. The predicted octanol–water partition coefficient (Wildman–Crippen LogP) is -0.316. The SMILES string of the molecule is CN(C)C1C(=O)C(C(N)=O)=C(O)C2(O)C(=O)C3=C(O)c4c(O)cccc4C(CSCCC(=O)O)C3C(O)C12. The summed E-state index contributed by atoms with van der Waals surface area (Å²) in [4.78, 5) is 51.6. The van der Waals surface area contributed by atoms with Crippen LogP contribution in [-0.2, 0) is 19.2 Å². The number of aliphatic hydroxyl groups is 4. The molecular formula is C25H28N2O10S. The number of carboxylic acid groups (broad SMARTS) is 1. The average Bonchev–Trinajstić information content (AvgIpc) is 2.82. The molecule has 1 saturated carbocycles. The molecule has 3 aliphatic carbocycles. The van der Waals surface area contributed by atoms with Gasteiger partial charge in [0.05, 0.1) is 30.0 Å². The number of aliphatic carboxylic acids is 1. The Kier molecular flexibility index (Phi) is 7.08. The van der Waals surface area contributed by atoms with Crippen molar-refractivity contribution in [1.82, 2.24) is 4.90 Å². The van der Waals surface area contributed by atoms with Gasteiger partial charge >= 0.3 is 5.97 Å². The molecule has 8 N–H and O–H groups in total. The summed E-state index contributed by atoms with van der Waals surface area (Å²) >= 11 is 1.21. The molecule has 4 rings (SSSR count). The van der Waals surface area contributed by atoms with Crippen molar-refractivity contribution >= 4 is 41.0 Å². The molecule has 6 atom stereocenters. The number of phenols is 1. The molecule has 1 amide bonds. The molecule has 0 aromatic heterocycles. The van der Waals surface area contributed by atoms with E-state index in [2.05, 4.69) is 0 Å². The van der Waals surface area contributed by atoms with Crippen molar-refractivity contribution in [3.63, 3.8) is 0 Å². The van der Waals surface area contributed by atoms with Gasteiger partial charge in [0.25, 0.3) is 5.91 Å². The van der Waals surface area contributed by atoms with E-state index in [9.17, 15) is 44.7 Å². The number of fused-ring (bicyclic) bond motifs is 3. The number of rotatable bonds is 7. The van der Waals surface area contributed by atoms with Crippen LogP contribution in [0.2, 0.25) is 0 Å². The van der Waals surface area contributed by atoms with Gasteiger partial charge in [-0.2, -0.15) is 11.8 Å². The van der Waals surface area contributed by atoms with Gasteiger partial charge in [-0.25, -0.2) is 0 Å². The molecule has 0 aliphatic heterocycles. The highest BCUT2D eigenvalue weighted by Gasteiger charge is 2.68. The lowest BCUT2D eigenvalue weighted by Gasteiger charge is -2.54. The number of carbonyl (C=O) groups is 4. The van der Waals surface area contributed by atoms with Gasteiger partial charge in [0.15, 0.2) is 11.4 Å². The summed E-state index contributed by atoms with van der Waals surface area (Å²) in [5.74, 6) is -10.4. The lowest BCUT2D eigenvalue weighted by Crippen LogP contribution is -2.70.